The van der Waals surface area contributed by atoms with Crippen LogP contribution in [0.15, 0.2) is 43.7 Å². The maximum Gasteiger partial charge on any atom is 0.163 e. The lowest BCUT2D eigenvalue weighted by Crippen LogP contribution is -2.37. The zero-order valence-electron chi connectivity index (χ0n) is 17.0. The Morgan fingerprint density at radius 3 is 1.69 bits per heavy atom. The van der Waals surface area contributed by atoms with Crippen molar-refractivity contribution in [2.24, 2.45) is 10.8 Å². The molecule has 0 bridgehead atoms. The standard InChI is InChI=1S/C23H24Br2O4/c1-22(2)7-14(26)19-16(9-22)29-17-10-23(3,4)8-15(27)20(17)18(19)11-5-12(24)21(28)13(25)6-11/h5-6,18,28H,7-10H2,1-4H3. The molecule has 0 radical (unpaired) electrons. The van der Waals surface area contributed by atoms with Crippen molar-refractivity contribution in [3.05, 3.63) is 49.3 Å². The molecule has 1 heterocycles. The van der Waals surface area contributed by atoms with E-state index >= 15 is 0 Å². The minimum Gasteiger partial charge on any atom is -0.506 e. The van der Waals surface area contributed by atoms with Gasteiger partial charge in [0, 0.05) is 42.7 Å². The van der Waals surface area contributed by atoms with Gasteiger partial charge in [-0.15, -0.1) is 0 Å². The Morgan fingerprint density at radius 2 is 1.28 bits per heavy atom. The monoisotopic (exact) mass is 522 g/mol. The molecule has 0 atom stereocenters. The normalized spacial score (nSPS) is 23.7. The topological polar surface area (TPSA) is 63.6 Å². The molecule has 0 aromatic heterocycles. The predicted octanol–water partition coefficient (Wildman–Crippen LogP) is 6.32. The van der Waals surface area contributed by atoms with E-state index in [4.69, 9.17) is 4.74 Å². The van der Waals surface area contributed by atoms with Gasteiger partial charge in [-0.1, -0.05) is 27.7 Å². The Balaban J connectivity index is 1.95. The molecule has 1 N–H and O–H groups in total. The van der Waals surface area contributed by atoms with Crippen LogP contribution < -0.4 is 0 Å². The number of Topliss-reactive ketones (excluding diaryl/α,β-unsaturated/α-hetero) is 2. The summed E-state index contributed by atoms with van der Waals surface area (Å²) in [6.45, 7) is 8.28. The number of ketones is 2. The molecule has 4 rings (SSSR count). The fourth-order valence-corrected chi connectivity index (χ4v) is 5.98. The lowest BCUT2D eigenvalue weighted by molar-refractivity contribution is -0.120. The second-order valence-corrected chi connectivity index (χ2v) is 11.6. The van der Waals surface area contributed by atoms with Crippen LogP contribution in [0.25, 0.3) is 0 Å². The average molecular weight is 524 g/mol. The number of ether oxygens (including phenoxy) is 1. The van der Waals surface area contributed by atoms with E-state index in [-0.39, 0.29) is 28.1 Å². The molecule has 1 aliphatic heterocycles. The van der Waals surface area contributed by atoms with Gasteiger partial charge in [-0.2, -0.15) is 0 Å². The Morgan fingerprint density at radius 1 is 0.862 bits per heavy atom. The molecule has 6 heteroatoms. The summed E-state index contributed by atoms with van der Waals surface area (Å²) in [6, 6.07) is 3.59. The highest BCUT2D eigenvalue weighted by Crippen LogP contribution is 2.54. The fourth-order valence-electron chi connectivity index (χ4n) is 4.76. The third-order valence-electron chi connectivity index (χ3n) is 5.95. The van der Waals surface area contributed by atoms with Crippen LogP contribution in [0.2, 0.25) is 0 Å². The molecule has 3 aliphatic rings. The summed E-state index contributed by atoms with van der Waals surface area (Å²) in [5.74, 6) is 1.09. The first-order chi connectivity index (χ1) is 13.4. The summed E-state index contributed by atoms with van der Waals surface area (Å²) in [5.41, 5.74) is 1.64. The first-order valence-electron chi connectivity index (χ1n) is 9.77. The van der Waals surface area contributed by atoms with Gasteiger partial charge in [-0.25, -0.2) is 0 Å². The van der Waals surface area contributed by atoms with E-state index in [9.17, 15) is 14.7 Å². The Labute approximate surface area is 187 Å². The molecule has 0 spiro atoms. The van der Waals surface area contributed by atoms with Crippen LogP contribution >= 0.6 is 31.9 Å². The molecule has 29 heavy (non-hydrogen) atoms. The predicted molar refractivity (Wildman–Crippen MR) is 117 cm³/mol. The lowest BCUT2D eigenvalue weighted by atomic mass is 9.65. The van der Waals surface area contributed by atoms with Crippen molar-refractivity contribution in [1.29, 1.82) is 0 Å². The summed E-state index contributed by atoms with van der Waals surface area (Å²) in [5, 5.41) is 10.2. The molecule has 0 unspecified atom stereocenters. The summed E-state index contributed by atoms with van der Waals surface area (Å²) in [7, 11) is 0. The van der Waals surface area contributed by atoms with Crippen LogP contribution in [-0.4, -0.2) is 16.7 Å². The highest BCUT2D eigenvalue weighted by molar-refractivity contribution is 9.11. The van der Waals surface area contributed by atoms with Gasteiger partial charge >= 0.3 is 0 Å². The number of benzene rings is 1. The van der Waals surface area contributed by atoms with E-state index in [1.807, 2.05) is 0 Å². The van der Waals surface area contributed by atoms with E-state index in [2.05, 4.69) is 59.6 Å². The smallest absolute Gasteiger partial charge is 0.163 e. The average Bonchev–Trinajstić information content (AvgIpc) is 2.55. The van der Waals surface area contributed by atoms with Crippen molar-refractivity contribution in [2.75, 3.05) is 0 Å². The Kier molecular flexibility index (Phi) is 4.90. The number of halogens is 2. The van der Waals surface area contributed by atoms with Crippen molar-refractivity contribution in [2.45, 2.75) is 59.3 Å². The number of allylic oxidation sites excluding steroid dienone is 4. The molecule has 1 aromatic carbocycles. The van der Waals surface area contributed by atoms with Crippen molar-refractivity contribution < 1.29 is 19.4 Å². The van der Waals surface area contributed by atoms with Crippen molar-refractivity contribution in [1.82, 2.24) is 0 Å². The second-order valence-electron chi connectivity index (χ2n) is 9.92. The van der Waals surface area contributed by atoms with Gasteiger partial charge in [0.2, 0.25) is 0 Å². The van der Waals surface area contributed by atoms with Gasteiger partial charge in [0.15, 0.2) is 11.6 Å². The Hall–Kier alpha value is -1.40. The molecular formula is C23H24Br2O4. The fraction of sp³-hybridized carbons (Fsp3) is 0.478. The van der Waals surface area contributed by atoms with Crippen LogP contribution in [-0.2, 0) is 14.3 Å². The number of carbonyl (C=O) groups is 2. The third-order valence-corrected chi connectivity index (χ3v) is 7.16. The van der Waals surface area contributed by atoms with E-state index in [0.29, 0.717) is 57.3 Å². The van der Waals surface area contributed by atoms with Gasteiger partial charge in [0.1, 0.15) is 17.3 Å². The molecule has 0 fully saturated rings. The van der Waals surface area contributed by atoms with Crippen molar-refractivity contribution in [3.63, 3.8) is 0 Å². The van der Waals surface area contributed by atoms with Crippen LogP contribution in [0, 0.1) is 10.8 Å². The number of rotatable bonds is 1. The SMILES string of the molecule is CC1(C)CC(=O)C2=C(C1)OC1=C(C(=O)CC(C)(C)C1)C2c1cc(Br)c(O)c(Br)c1. The number of carbonyl (C=O) groups excluding carboxylic acids is 2. The zero-order valence-corrected chi connectivity index (χ0v) is 20.2. The van der Waals surface area contributed by atoms with Gasteiger partial charge < -0.3 is 9.84 Å². The van der Waals surface area contributed by atoms with E-state index in [1.54, 1.807) is 12.1 Å². The minimum atomic E-state index is -0.464. The molecule has 1 aromatic rings. The summed E-state index contributed by atoms with van der Waals surface area (Å²) < 4.78 is 7.32. The number of aromatic hydroxyl groups is 1. The molecular weight excluding hydrogens is 500 g/mol. The van der Waals surface area contributed by atoms with Crippen LogP contribution in [0.5, 0.6) is 5.75 Å². The van der Waals surface area contributed by atoms with Gasteiger partial charge in [-0.3, -0.25) is 9.59 Å². The molecule has 4 nitrogen and oxygen atoms in total. The number of hydrogen-bond acceptors (Lipinski definition) is 4. The molecule has 0 saturated carbocycles. The summed E-state index contributed by atoms with van der Waals surface area (Å²) in [6.07, 6.45) is 2.18. The van der Waals surface area contributed by atoms with Crippen molar-refractivity contribution in [3.8, 4) is 5.75 Å². The molecule has 0 amide bonds. The highest BCUT2D eigenvalue weighted by Gasteiger charge is 2.47. The van der Waals surface area contributed by atoms with Crippen LogP contribution in [0.3, 0.4) is 0 Å². The number of phenols is 1. The molecule has 154 valence electrons. The second kappa shape index (κ2) is 6.81. The third kappa shape index (κ3) is 3.63. The largest absolute Gasteiger partial charge is 0.506 e. The molecule has 2 aliphatic carbocycles. The van der Waals surface area contributed by atoms with Crippen LogP contribution in [0.4, 0.5) is 0 Å². The van der Waals surface area contributed by atoms with Gasteiger partial charge in [0.05, 0.1) is 8.95 Å². The zero-order chi connectivity index (χ0) is 21.3. The number of phenolic OH excluding ortho intramolecular Hbond substituents is 1. The summed E-state index contributed by atoms with van der Waals surface area (Å²) in [4.78, 5) is 26.5. The van der Waals surface area contributed by atoms with Crippen LogP contribution in [0.1, 0.15) is 64.9 Å². The van der Waals surface area contributed by atoms with Crippen molar-refractivity contribution >= 4 is 43.4 Å². The van der Waals surface area contributed by atoms with Gasteiger partial charge in [-0.05, 0) is 60.4 Å². The van der Waals surface area contributed by atoms with E-state index in [0.717, 1.165) is 5.56 Å². The van der Waals surface area contributed by atoms with E-state index in [1.165, 1.54) is 0 Å². The number of hydrogen-bond donors (Lipinski definition) is 1. The molecule has 0 saturated heterocycles. The summed E-state index contributed by atoms with van der Waals surface area (Å²) >= 11 is 6.79. The maximum atomic E-state index is 13.2. The quantitative estimate of drug-likeness (QED) is 0.468. The van der Waals surface area contributed by atoms with Gasteiger partial charge in [0.25, 0.3) is 0 Å². The lowest BCUT2D eigenvalue weighted by Gasteiger charge is -2.42. The minimum absolute atomic E-state index is 0.0331. The first kappa shape index (κ1) is 20.9. The first-order valence-corrected chi connectivity index (χ1v) is 11.4. The highest BCUT2D eigenvalue weighted by atomic mass is 79.9. The maximum absolute atomic E-state index is 13.2. The Bertz CT molecular complexity index is 939. The van der Waals surface area contributed by atoms with E-state index < -0.39 is 5.92 Å².